The molecule has 0 radical (unpaired) electrons. The Labute approximate surface area is 105 Å². The first-order valence-electron chi connectivity index (χ1n) is 6.16. The predicted octanol–water partition coefficient (Wildman–Crippen LogP) is 1.05. The number of benzene rings is 1. The van der Waals surface area contributed by atoms with Gasteiger partial charge in [0.05, 0.1) is 11.0 Å². The lowest BCUT2D eigenvalue weighted by atomic mass is 10.1. The van der Waals surface area contributed by atoms with Crippen LogP contribution in [0.1, 0.15) is 18.3 Å². The van der Waals surface area contributed by atoms with Crippen molar-refractivity contribution in [2.24, 2.45) is 0 Å². The number of imidazole rings is 1. The number of aromatic nitrogens is 2. The number of hydrogen-bond donors (Lipinski definition) is 2. The first-order chi connectivity index (χ1) is 8.83. The van der Waals surface area contributed by atoms with E-state index in [1.165, 1.54) is 0 Å². The van der Waals surface area contributed by atoms with Crippen LogP contribution in [0.5, 0.6) is 0 Å². The highest BCUT2D eigenvalue weighted by molar-refractivity contribution is 5.75. The Balaban J connectivity index is 2.03. The third kappa shape index (κ3) is 1.67. The summed E-state index contributed by atoms with van der Waals surface area (Å²) in [6, 6.07) is 8.18. The van der Waals surface area contributed by atoms with E-state index < -0.39 is 0 Å². The van der Waals surface area contributed by atoms with Crippen molar-refractivity contribution in [3.63, 3.8) is 0 Å². The van der Waals surface area contributed by atoms with Gasteiger partial charge in [0.25, 0.3) is 0 Å². The largest absolute Gasteiger partial charge is 0.340 e. The molecule has 2 heterocycles. The number of aromatic amines is 1. The normalized spacial score (nSPS) is 23.7. The molecule has 1 saturated heterocycles. The van der Waals surface area contributed by atoms with E-state index in [0.29, 0.717) is 0 Å². The molecule has 0 aliphatic carbocycles. The molecule has 2 unspecified atom stereocenters. The summed E-state index contributed by atoms with van der Waals surface area (Å²) in [5, 5.41) is 3.26. The molecule has 1 aliphatic rings. The molecule has 94 valence electrons. The Morgan fingerprint density at radius 1 is 1.50 bits per heavy atom. The minimum absolute atomic E-state index is 0.0000926. The van der Waals surface area contributed by atoms with Crippen LogP contribution in [0.15, 0.2) is 24.3 Å². The standard InChI is InChI=1S/C13H16N4O/c1-14-11-6-7-17(8-18)12(11)13-15-9-4-2-3-5-10(9)16-13/h2-5,8,11-12,14H,6-7H2,1H3,(H,15,16). The number of nitrogens with one attached hydrogen (secondary N) is 2. The van der Waals surface area contributed by atoms with Crippen molar-refractivity contribution in [3.05, 3.63) is 30.1 Å². The molecule has 5 nitrogen and oxygen atoms in total. The molecule has 1 amide bonds. The third-order valence-electron chi connectivity index (χ3n) is 3.63. The van der Waals surface area contributed by atoms with Gasteiger partial charge in [0.1, 0.15) is 11.9 Å². The van der Waals surface area contributed by atoms with Crippen molar-refractivity contribution >= 4 is 17.4 Å². The number of likely N-dealkylation sites (tertiary alicyclic amines) is 1. The summed E-state index contributed by atoms with van der Waals surface area (Å²) in [5.41, 5.74) is 1.96. The number of para-hydroxylation sites is 2. The van der Waals surface area contributed by atoms with E-state index in [4.69, 9.17) is 0 Å². The van der Waals surface area contributed by atoms with E-state index in [0.717, 1.165) is 36.2 Å². The third-order valence-corrected chi connectivity index (χ3v) is 3.63. The maximum atomic E-state index is 11.1. The topological polar surface area (TPSA) is 61.0 Å². The Bertz CT molecular complexity index is 532. The Kier molecular flexibility index (Phi) is 2.76. The van der Waals surface area contributed by atoms with E-state index in [2.05, 4.69) is 15.3 Å². The van der Waals surface area contributed by atoms with Crippen LogP contribution in [0.4, 0.5) is 0 Å². The van der Waals surface area contributed by atoms with E-state index in [1.54, 1.807) is 4.90 Å². The van der Waals surface area contributed by atoms with E-state index in [-0.39, 0.29) is 12.1 Å². The van der Waals surface area contributed by atoms with E-state index in [9.17, 15) is 4.79 Å². The van der Waals surface area contributed by atoms with Crippen molar-refractivity contribution in [1.29, 1.82) is 0 Å². The molecule has 1 aromatic heterocycles. The predicted molar refractivity (Wildman–Crippen MR) is 69.1 cm³/mol. The van der Waals surface area contributed by atoms with Crippen LogP contribution in [-0.2, 0) is 4.79 Å². The quantitative estimate of drug-likeness (QED) is 0.793. The molecule has 2 atom stereocenters. The number of likely N-dealkylation sites (N-methyl/N-ethyl adjacent to an activating group) is 1. The van der Waals surface area contributed by atoms with E-state index in [1.807, 2.05) is 31.3 Å². The smallest absolute Gasteiger partial charge is 0.210 e. The van der Waals surface area contributed by atoms with Gasteiger partial charge in [-0.3, -0.25) is 4.79 Å². The SMILES string of the molecule is CNC1CCN(C=O)C1c1nc2ccccc2[nH]1. The number of rotatable bonds is 3. The maximum absolute atomic E-state index is 11.1. The highest BCUT2D eigenvalue weighted by atomic mass is 16.1. The van der Waals surface area contributed by atoms with Gasteiger partial charge >= 0.3 is 0 Å². The van der Waals surface area contributed by atoms with Gasteiger partial charge in [-0.25, -0.2) is 4.98 Å². The molecular formula is C13H16N4O. The van der Waals surface area contributed by atoms with Gasteiger partial charge < -0.3 is 15.2 Å². The maximum Gasteiger partial charge on any atom is 0.210 e. The average Bonchev–Trinajstić information content (AvgIpc) is 3.00. The summed E-state index contributed by atoms with van der Waals surface area (Å²) >= 11 is 0. The monoisotopic (exact) mass is 244 g/mol. The molecule has 1 aromatic carbocycles. The van der Waals surface area contributed by atoms with Crippen LogP contribution in [-0.4, -0.2) is 40.9 Å². The molecular weight excluding hydrogens is 228 g/mol. The fourth-order valence-corrected chi connectivity index (χ4v) is 2.70. The second-order valence-electron chi connectivity index (χ2n) is 4.61. The molecule has 2 N–H and O–H groups in total. The number of hydrogen-bond acceptors (Lipinski definition) is 3. The zero-order chi connectivity index (χ0) is 12.5. The van der Waals surface area contributed by atoms with Gasteiger partial charge in [0, 0.05) is 12.6 Å². The molecule has 18 heavy (non-hydrogen) atoms. The fraction of sp³-hybridized carbons (Fsp3) is 0.385. The van der Waals surface area contributed by atoms with Gasteiger partial charge in [-0.05, 0) is 25.6 Å². The molecule has 1 aliphatic heterocycles. The molecule has 3 rings (SSSR count). The minimum atomic E-state index is -0.0000926. The van der Waals surface area contributed by atoms with Crippen LogP contribution < -0.4 is 5.32 Å². The highest BCUT2D eigenvalue weighted by Crippen LogP contribution is 2.30. The lowest BCUT2D eigenvalue weighted by Crippen LogP contribution is -2.34. The minimum Gasteiger partial charge on any atom is -0.340 e. The summed E-state index contributed by atoms with van der Waals surface area (Å²) in [4.78, 5) is 20.8. The molecule has 0 saturated carbocycles. The Hall–Kier alpha value is -1.88. The molecule has 0 spiro atoms. The molecule has 0 bridgehead atoms. The lowest BCUT2D eigenvalue weighted by Gasteiger charge is -2.22. The van der Waals surface area contributed by atoms with Gasteiger partial charge in [-0.1, -0.05) is 12.1 Å². The van der Waals surface area contributed by atoms with Gasteiger partial charge in [-0.15, -0.1) is 0 Å². The highest BCUT2D eigenvalue weighted by Gasteiger charge is 2.35. The number of amides is 1. The number of carbonyl (C=O) groups excluding carboxylic acids is 1. The number of nitrogens with zero attached hydrogens (tertiary/aromatic N) is 2. The number of H-pyrrole nitrogens is 1. The lowest BCUT2D eigenvalue weighted by molar-refractivity contribution is -0.119. The first-order valence-corrected chi connectivity index (χ1v) is 6.16. The van der Waals surface area contributed by atoms with Crippen LogP contribution in [0.3, 0.4) is 0 Å². The van der Waals surface area contributed by atoms with Gasteiger partial charge in [-0.2, -0.15) is 0 Å². The average molecular weight is 244 g/mol. The second kappa shape index (κ2) is 4.42. The zero-order valence-corrected chi connectivity index (χ0v) is 10.3. The molecule has 5 heteroatoms. The van der Waals surface area contributed by atoms with E-state index >= 15 is 0 Å². The number of carbonyl (C=O) groups is 1. The fourth-order valence-electron chi connectivity index (χ4n) is 2.70. The van der Waals surface area contributed by atoms with Crippen molar-refractivity contribution < 1.29 is 4.79 Å². The Morgan fingerprint density at radius 2 is 2.33 bits per heavy atom. The van der Waals surface area contributed by atoms with Crippen molar-refractivity contribution in [1.82, 2.24) is 20.2 Å². The zero-order valence-electron chi connectivity index (χ0n) is 10.3. The van der Waals surface area contributed by atoms with Crippen LogP contribution >= 0.6 is 0 Å². The van der Waals surface area contributed by atoms with Crippen molar-refractivity contribution in [3.8, 4) is 0 Å². The summed E-state index contributed by atoms with van der Waals surface area (Å²) < 4.78 is 0. The number of fused-ring (bicyclic) bond motifs is 1. The molecule has 1 fully saturated rings. The Morgan fingerprint density at radius 3 is 3.06 bits per heavy atom. The van der Waals surface area contributed by atoms with Crippen LogP contribution in [0, 0.1) is 0 Å². The van der Waals surface area contributed by atoms with Gasteiger partial charge in [0.15, 0.2) is 0 Å². The van der Waals surface area contributed by atoms with Crippen LogP contribution in [0.25, 0.3) is 11.0 Å². The first kappa shape index (κ1) is 11.2. The van der Waals surface area contributed by atoms with Crippen LogP contribution in [0.2, 0.25) is 0 Å². The summed E-state index contributed by atoms with van der Waals surface area (Å²) in [6.45, 7) is 0.775. The van der Waals surface area contributed by atoms with Crippen molar-refractivity contribution in [2.75, 3.05) is 13.6 Å². The summed E-state index contributed by atoms with van der Waals surface area (Å²) in [6.07, 6.45) is 1.87. The van der Waals surface area contributed by atoms with Crippen molar-refractivity contribution in [2.45, 2.75) is 18.5 Å². The molecule has 2 aromatic rings. The van der Waals surface area contributed by atoms with Gasteiger partial charge in [0.2, 0.25) is 6.41 Å². The second-order valence-corrected chi connectivity index (χ2v) is 4.61. The summed E-state index contributed by atoms with van der Waals surface area (Å²) in [7, 11) is 1.93. The summed E-state index contributed by atoms with van der Waals surface area (Å²) in [5.74, 6) is 0.861.